The molecule has 1 saturated heterocycles. The molecule has 1 heterocycles. The van der Waals surface area contributed by atoms with Crippen LogP contribution in [-0.2, 0) is 0 Å². The molecule has 0 spiro atoms. The first-order valence-electron chi connectivity index (χ1n) is 5.36. The summed E-state index contributed by atoms with van der Waals surface area (Å²) in [6, 6.07) is 5.59. The molecule has 0 bridgehead atoms. The predicted molar refractivity (Wildman–Crippen MR) is 60.2 cm³/mol. The Morgan fingerprint density at radius 1 is 1.47 bits per heavy atom. The summed E-state index contributed by atoms with van der Waals surface area (Å²) in [5.41, 5.74) is 2.02. The van der Waals surface area contributed by atoms with Gasteiger partial charge in [0.25, 0.3) is 0 Å². The molecule has 1 fully saturated rings. The molecule has 0 radical (unpaired) electrons. The number of hydrogen-bond acceptors (Lipinski definition) is 3. The molecule has 1 aromatic carbocycles. The van der Waals surface area contributed by atoms with Gasteiger partial charge >= 0.3 is 0 Å². The minimum atomic E-state index is 0.258. The molecule has 0 aromatic heterocycles. The number of hydrogen-bond donors (Lipinski definition) is 2. The number of benzene rings is 1. The second kappa shape index (κ2) is 4.11. The van der Waals surface area contributed by atoms with Gasteiger partial charge in [0.2, 0.25) is 0 Å². The summed E-state index contributed by atoms with van der Waals surface area (Å²) in [5, 5.41) is 18.7. The van der Waals surface area contributed by atoms with Crippen LogP contribution >= 0.6 is 0 Å². The van der Waals surface area contributed by atoms with Crippen LogP contribution in [0.3, 0.4) is 0 Å². The van der Waals surface area contributed by atoms with Crippen LogP contribution in [0.15, 0.2) is 18.2 Å². The molecule has 1 aliphatic heterocycles. The number of aliphatic hydroxyl groups excluding tert-OH is 1. The van der Waals surface area contributed by atoms with E-state index >= 15 is 0 Å². The van der Waals surface area contributed by atoms with E-state index in [1.807, 2.05) is 19.1 Å². The van der Waals surface area contributed by atoms with Crippen molar-refractivity contribution in [3.8, 4) is 5.75 Å². The van der Waals surface area contributed by atoms with Crippen molar-refractivity contribution in [3.63, 3.8) is 0 Å². The summed E-state index contributed by atoms with van der Waals surface area (Å²) in [4.78, 5) is 2.23. The number of phenols is 1. The molecule has 0 saturated carbocycles. The second-order valence-electron chi connectivity index (χ2n) is 4.20. The maximum absolute atomic E-state index is 9.61. The topological polar surface area (TPSA) is 43.7 Å². The van der Waals surface area contributed by atoms with Crippen LogP contribution < -0.4 is 4.90 Å². The van der Waals surface area contributed by atoms with Crippen molar-refractivity contribution in [3.05, 3.63) is 23.8 Å². The first-order valence-corrected chi connectivity index (χ1v) is 5.36. The summed E-state index contributed by atoms with van der Waals surface area (Å²) < 4.78 is 0. The third-order valence-corrected chi connectivity index (χ3v) is 3.16. The molecule has 82 valence electrons. The van der Waals surface area contributed by atoms with Crippen molar-refractivity contribution in [2.75, 3.05) is 24.6 Å². The lowest BCUT2D eigenvalue weighted by atomic mass is 10.1. The average Bonchev–Trinajstić information content (AvgIpc) is 2.70. The van der Waals surface area contributed by atoms with Crippen LogP contribution in [0.1, 0.15) is 12.0 Å². The fraction of sp³-hybridized carbons (Fsp3) is 0.500. The van der Waals surface area contributed by atoms with Gasteiger partial charge in [-0.3, -0.25) is 0 Å². The van der Waals surface area contributed by atoms with E-state index < -0.39 is 0 Å². The Morgan fingerprint density at radius 2 is 2.27 bits per heavy atom. The van der Waals surface area contributed by atoms with Crippen molar-refractivity contribution in [2.45, 2.75) is 13.3 Å². The number of aromatic hydroxyl groups is 1. The lowest BCUT2D eigenvalue weighted by molar-refractivity contribution is 0.238. The maximum Gasteiger partial charge on any atom is 0.120 e. The highest BCUT2D eigenvalue weighted by atomic mass is 16.3. The smallest absolute Gasteiger partial charge is 0.120 e. The summed E-state index contributed by atoms with van der Waals surface area (Å²) in [5.74, 6) is 0.728. The maximum atomic E-state index is 9.61. The third-order valence-electron chi connectivity index (χ3n) is 3.16. The third kappa shape index (κ3) is 1.92. The van der Waals surface area contributed by atoms with Crippen molar-refractivity contribution in [1.29, 1.82) is 0 Å². The molecule has 1 aromatic rings. The molecular weight excluding hydrogens is 190 g/mol. The average molecular weight is 207 g/mol. The predicted octanol–water partition coefficient (Wildman–Crippen LogP) is 1.52. The molecule has 2 rings (SSSR count). The minimum Gasteiger partial charge on any atom is -0.508 e. The summed E-state index contributed by atoms with van der Waals surface area (Å²) in [6.07, 6.45) is 1.03. The monoisotopic (exact) mass is 207 g/mol. The van der Waals surface area contributed by atoms with Crippen LogP contribution in [0, 0.1) is 12.8 Å². The van der Waals surface area contributed by atoms with Crippen molar-refractivity contribution in [1.82, 2.24) is 0 Å². The molecule has 2 N–H and O–H groups in total. The summed E-state index contributed by atoms with van der Waals surface area (Å²) in [7, 11) is 0. The van der Waals surface area contributed by atoms with Crippen LogP contribution in [0.5, 0.6) is 5.75 Å². The van der Waals surface area contributed by atoms with Crippen molar-refractivity contribution in [2.24, 2.45) is 5.92 Å². The molecule has 1 atom stereocenters. The number of aliphatic hydroxyl groups is 1. The number of rotatable bonds is 2. The Hall–Kier alpha value is -1.22. The van der Waals surface area contributed by atoms with Crippen LogP contribution in [0.4, 0.5) is 5.69 Å². The minimum absolute atomic E-state index is 0.258. The van der Waals surface area contributed by atoms with E-state index in [0.717, 1.165) is 30.8 Å². The zero-order chi connectivity index (χ0) is 10.8. The summed E-state index contributed by atoms with van der Waals surface area (Å²) in [6.45, 7) is 4.04. The molecular formula is C12H17NO2. The quantitative estimate of drug-likeness (QED) is 0.772. The van der Waals surface area contributed by atoms with E-state index in [0.29, 0.717) is 11.7 Å². The molecule has 3 heteroatoms. The van der Waals surface area contributed by atoms with Crippen LogP contribution in [0.25, 0.3) is 0 Å². The van der Waals surface area contributed by atoms with Gasteiger partial charge in [-0.15, -0.1) is 0 Å². The van der Waals surface area contributed by atoms with Gasteiger partial charge in [0.05, 0.1) is 0 Å². The van der Waals surface area contributed by atoms with E-state index in [-0.39, 0.29) is 6.61 Å². The highest BCUT2D eigenvalue weighted by Crippen LogP contribution is 2.30. The SMILES string of the molecule is Cc1c(O)cccc1N1CCC(CO)C1. The first kappa shape index (κ1) is 10.3. The van der Waals surface area contributed by atoms with Gasteiger partial charge < -0.3 is 15.1 Å². The molecule has 1 aliphatic rings. The molecule has 15 heavy (non-hydrogen) atoms. The fourth-order valence-electron chi connectivity index (χ4n) is 2.15. The first-order chi connectivity index (χ1) is 7.22. The zero-order valence-corrected chi connectivity index (χ0v) is 8.98. The van der Waals surface area contributed by atoms with Crippen molar-refractivity contribution >= 4 is 5.69 Å². The fourth-order valence-corrected chi connectivity index (χ4v) is 2.15. The van der Waals surface area contributed by atoms with Crippen LogP contribution in [0.2, 0.25) is 0 Å². The van der Waals surface area contributed by atoms with Gasteiger partial charge in [-0.25, -0.2) is 0 Å². The molecule has 1 unspecified atom stereocenters. The van der Waals surface area contributed by atoms with E-state index in [4.69, 9.17) is 5.11 Å². The van der Waals surface area contributed by atoms with Gasteiger partial charge in [0.15, 0.2) is 0 Å². The van der Waals surface area contributed by atoms with E-state index in [9.17, 15) is 5.11 Å². The largest absolute Gasteiger partial charge is 0.508 e. The van der Waals surface area contributed by atoms with Gasteiger partial charge in [-0.2, -0.15) is 0 Å². The number of phenolic OH excluding ortho intramolecular Hbond substituents is 1. The Kier molecular flexibility index (Phi) is 2.82. The Balaban J connectivity index is 2.20. The lowest BCUT2D eigenvalue weighted by Gasteiger charge is -2.21. The zero-order valence-electron chi connectivity index (χ0n) is 8.98. The molecule has 0 amide bonds. The highest BCUT2D eigenvalue weighted by Gasteiger charge is 2.23. The van der Waals surface area contributed by atoms with Crippen molar-refractivity contribution < 1.29 is 10.2 Å². The summed E-state index contributed by atoms with van der Waals surface area (Å²) >= 11 is 0. The van der Waals surface area contributed by atoms with Gasteiger partial charge in [0.1, 0.15) is 5.75 Å². The number of anilines is 1. The standard InChI is InChI=1S/C12H17NO2/c1-9-11(3-2-4-12(9)15)13-6-5-10(7-13)8-14/h2-4,10,14-15H,5-8H2,1H3. The van der Waals surface area contributed by atoms with Crippen LogP contribution in [-0.4, -0.2) is 29.9 Å². The molecule has 0 aliphatic carbocycles. The second-order valence-corrected chi connectivity index (χ2v) is 4.20. The van der Waals surface area contributed by atoms with E-state index in [1.165, 1.54) is 0 Å². The Morgan fingerprint density at radius 3 is 2.93 bits per heavy atom. The van der Waals surface area contributed by atoms with Gasteiger partial charge in [0, 0.05) is 36.9 Å². The van der Waals surface area contributed by atoms with E-state index in [2.05, 4.69) is 4.90 Å². The van der Waals surface area contributed by atoms with Gasteiger partial charge in [-0.1, -0.05) is 6.07 Å². The van der Waals surface area contributed by atoms with Gasteiger partial charge in [-0.05, 0) is 25.5 Å². The highest BCUT2D eigenvalue weighted by molar-refractivity contribution is 5.58. The van der Waals surface area contributed by atoms with E-state index in [1.54, 1.807) is 6.07 Å². The lowest BCUT2D eigenvalue weighted by Crippen LogP contribution is -2.21. The Labute approximate surface area is 90.0 Å². The Bertz CT molecular complexity index is 351. The number of nitrogens with zero attached hydrogens (tertiary/aromatic N) is 1. The molecule has 3 nitrogen and oxygen atoms in total. The normalized spacial score (nSPS) is 20.9.